The van der Waals surface area contributed by atoms with Crippen molar-refractivity contribution in [1.82, 2.24) is 4.57 Å². The molecule has 126 valence electrons. The average molecular weight is 393 g/mol. The average Bonchev–Trinajstić information content (AvgIpc) is 2.53. The lowest BCUT2D eigenvalue weighted by Gasteiger charge is -2.09. The van der Waals surface area contributed by atoms with Crippen molar-refractivity contribution in [2.24, 2.45) is 0 Å². The fourth-order valence-corrected chi connectivity index (χ4v) is 2.71. The molecule has 24 heavy (non-hydrogen) atoms. The van der Waals surface area contributed by atoms with Gasteiger partial charge in [0, 0.05) is 21.9 Å². The third-order valence-electron chi connectivity index (χ3n) is 3.23. The van der Waals surface area contributed by atoms with Crippen LogP contribution in [0.5, 0.6) is 0 Å². The number of ether oxygens (including phenoxy) is 1. The summed E-state index contributed by atoms with van der Waals surface area (Å²) >= 11 is 3.30. The van der Waals surface area contributed by atoms with E-state index in [4.69, 9.17) is 4.74 Å². The normalized spacial score (nSPS) is 10.3. The minimum absolute atomic E-state index is 0.0985. The zero-order valence-corrected chi connectivity index (χ0v) is 14.9. The molecule has 1 aromatic carbocycles. The number of esters is 1. The number of aryl methyl sites for hydroxylation is 1. The highest BCUT2D eigenvalue weighted by molar-refractivity contribution is 9.10. The van der Waals surface area contributed by atoms with Crippen molar-refractivity contribution in [3.63, 3.8) is 0 Å². The van der Waals surface area contributed by atoms with Crippen LogP contribution >= 0.6 is 15.9 Å². The fourth-order valence-electron chi connectivity index (χ4n) is 2.12. The molecule has 0 spiro atoms. The van der Waals surface area contributed by atoms with Gasteiger partial charge in [-0.3, -0.25) is 9.59 Å². The molecule has 2 rings (SSSR count). The van der Waals surface area contributed by atoms with Gasteiger partial charge in [0.05, 0.1) is 12.2 Å². The molecule has 1 aromatic heterocycles. The summed E-state index contributed by atoms with van der Waals surface area (Å²) < 4.78 is 6.96. The zero-order chi connectivity index (χ0) is 17.7. The van der Waals surface area contributed by atoms with Crippen LogP contribution in [0.3, 0.4) is 0 Å². The van der Waals surface area contributed by atoms with Crippen LogP contribution in [-0.2, 0) is 16.1 Å². The lowest BCUT2D eigenvalue weighted by molar-refractivity contribution is -0.116. The van der Waals surface area contributed by atoms with Gasteiger partial charge in [-0.05, 0) is 60.1 Å². The summed E-state index contributed by atoms with van der Waals surface area (Å²) in [5.74, 6) is -0.745. The van der Waals surface area contributed by atoms with Crippen molar-refractivity contribution >= 4 is 33.5 Å². The molecule has 0 aliphatic heterocycles. The van der Waals surface area contributed by atoms with E-state index in [9.17, 15) is 14.4 Å². The number of anilines is 1. The van der Waals surface area contributed by atoms with Crippen LogP contribution in [-0.4, -0.2) is 23.1 Å². The van der Waals surface area contributed by atoms with Gasteiger partial charge < -0.3 is 14.6 Å². The van der Waals surface area contributed by atoms with E-state index in [0.717, 1.165) is 4.47 Å². The van der Waals surface area contributed by atoms with E-state index in [1.807, 2.05) is 0 Å². The number of benzene rings is 1. The number of nitrogens with zero attached hydrogens (tertiary/aromatic N) is 1. The summed E-state index contributed by atoms with van der Waals surface area (Å²) in [6, 6.07) is 8.06. The van der Waals surface area contributed by atoms with Gasteiger partial charge in [0.25, 0.3) is 5.56 Å². The van der Waals surface area contributed by atoms with E-state index in [1.54, 1.807) is 50.4 Å². The number of hydrogen-bond acceptors (Lipinski definition) is 4. The summed E-state index contributed by atoms with van der Waals surface area (Å²) in [7, 11) is 0. The Morgan fingerprint density at radius 1 is 1.25 bits per heavy atom. The van der Waals surface area contributed by atoms with Gasteiger partial charge in [0.15, 0.2) is 0 Å². The molecule has 0 atom stereocenters. The third kappa shape index (κ3) is 4.55. The van der Waals surface area contributed by atoms with E-state index in [2.05, 4.69) is 21.2 Å². The Morgan fingerprint density at radius 3 is 2.54 bits per heavy atom. The topological polar surface area (TPSA) is 77.4 Å². The molecule has 0 saturated carbocycles. The Kier molecular flexibility index (Phi) is 5.92. The summed E-state index contributed by atoms with van der Waals surface area (Å²) in [6.45, 7) is 3.63. The van der Waals surface area contributed by atoms with Gasteiger partial charge in [0.1, 0.15) is 6.54 Å². The van der Waals surface area contributed by atoms with Gasteiger partial charge >= 0.3 is 5.97 Å². The van der Waals surface area contributed by atoms with Crippen molar-refractivity contribution in [2.45, 2.75) is 20.4 Å². The molecule has 0 saturated heterocycles. The standard InChI is InChI=1S/C17H17BrN2O4/c1-3-24-17(23)12-4-6-14(7-5-12)19-15(21)10-20-9-13(18)8-11(2)16(20)22/h4-9H,3,10H2,1-2H3,(H,19,21). The minimum atomic E-state index is -0.411. The minimum Gasteiger partial charge on any atom is -0.462 e. The van der Waals surface area contributed by atoms with Crippen LogP contribution in [0.25, 0.3) is 0 Å². The van der Waals surface area contributed by atoms with Crippen LogP contribution in [0.2, 0.25) is 0 Å². The van der Waals surface area contributed by atoms with Crippen LogP contribution in [0, 0.1) is 6.92 Å². The van der Waals surface area contributed by atoms with Crippen LogP contribution in [0.4, 0.5) is 5.69 Å². The molecule has 1 heterocycles. The Labute approximate surface area is 147 Å². The number of pyridine rings is 1. The molecule has 7 heteroatoms. The van der Waals surface area contributed by atoms with Crippen molar-refractivity contribution in [1.29, 1.82) is 0 Å². The van der Waals surface area contributed by atoms with E-state index in [-0.39, 0.29) is 18.0 Å². The summed E-state index contributed by atoms with van der Waals surface area (Å²) in [5, 5.41) is 2.69. The Hall–Kier alpha value is -2.41. The number of halogens is 1. The third-order valence-corrected chi connectivity index (χ3v) is 3.66. The number of nitrogens with one attached hydrogen (secondary N) is 1. The van der Waals surface area contributed by atoms with E-state index in [1.165, 1.54) is 4.57 Å². The Balaban J connectivity index is 2.05. The maximum atomic E-state index is 12.1. The largest absolute Gasteiger partial charge is 0.462 e. The quantitative estimate of drug-likeness (QED) is 0.793. The summed E-state index contributed by atoms with van der Waals surface area (Å²) in [4.78, 5) is 35.7. The maximum absolute atomic E-state index is 12.1. The van der Waals surface area contributed by atoms with E-state index in [0.29, 0.717) is 23.4 Å². The second kappa shape index (κ2) is 7.92. The van der Waals surface area contributed by atoms with E-state index >= 15 is 0 Å². The number of rotatable bonds is 5. The predicted octanol–water partition coefficient (Wildman–Crippen LogP) is 2.73. The van der Waals surface area contributed by atoms with Crippen LogP contribution in [0.15, 0.2) is 45.8 Å². The molecular weight excluding hydrogens is 376 g/mol. The molecule has 0 fully saturated rings. The molecule has 1 N–H and O–H groups in total. The van der Waals surface area contributed by atoms with Gasteiger partial charge in [-0.25, -0.2) is 4.79 Å². The Bertz CT molecular complexity index is 812. The van der Waals surface area contributed by atoms with Gasteiger partial charge in [0.2, 0.25) is 5.91 Å². The highest BCUT2D eigenvalue weighted by Gasteiger charge is 2.09. The van der Waals surface area contributed by atoms with Gasteiger partial charge in [-0.2, -0.15) is 0 Å². The molecule has 6 nitrogen and oxygen atoms in total. The molecule has 0 aliphatic rings. The first-order valence-electron chi connectivity index (χ1n) is 7.34. The first-order valence-corrected chi connectivity index (χ1v) is 8.13. The van der Waals surface area contributed by atoms with Crippen molar-refractivity contribution in [2.75, 3.05) is 11.9 Å². The van der Waals surface area contributed by atoms with Crippen molar-refractivity contribution < 1.29 is 14.3 Å². The monoisotopic (exact) mass is 392 g/mol. The molecular formula is C17H17BrN2O4. The van der Waals surface area contributed by atoms with Gasteiger partial charge in [-0.1, -0.05) is 0 Å². The molecule has 0 aliphatic carbocycles. The lowest BCUT2D eigenvalue weighted by atomic mass is 10.2. The highest BCUT2D eigenvalue weighted by atomic mass is 79.9. The number of hydrogen-bond donors (Lipinski definition) is 1. The molecule has 2 aromatic rings. The second-order valence-corrected chi connectivity index (χ2v) is 6.04. The number of aromatic nitrogens is 1. The summed E-state index contributed by atoms with van der Waals surface area (Å²) in [5.41, 5.74) is 1.28. The molecule has 0 unspecified atom stereocenters. The van der Waals surface area contributed by atoms with Gasteiger partial charge in [-0.15, -0.1) is 0 Å². The van der Waals surface area contributed by atoms with Crippen molar-refractivity contribution in [3.8, 4) is 0 Å². The van der Waals surface area contributed by atoms with E-state index < -0.39 is 5.97 Å². The second-order valence-electron chi connectivity index (χ2n) is 5.12. The predicted molar refractivity (Wildman–Crippen MR) is 94.2 cm³/mol. The SMILES string of the molecule is CCOC(=O)c1ccc(NC(=O)Cn2cc(Br)cc(C)c2=O)cc1. The highest BCUT2D eigenvalue weighted by Crippen LogP contribution is 2.11. The number of carbonyl (C=O) groups is 2. The lowest BCUT2D eigenvalue weighted by Crippen LogP contribution is -2.28. The zero-order valence-electron chi connectivity index (χ0n) is 13.3. The maximum Gasteiger partial charge on any atom is 0.338 e. The molecule has 1 amide bonds. The molecule has 0 radical (unpaired) electrons. The molecule has 0 bridgehead atoms. The first kappa shape index (κ1) is 17.9. The van der Waals surface area contributed by atoms with Crippen LogP contribution < -0.4 is 10.9 Å². The number of amides is 1. The summed E-state index contributed by atoms with van der Waals surface area (Å²) in [6.07, 6.45) is 1.57. The number of carbonyl (C=O) groups excluding carboxylic acids is 2. The smallest absolute Gasteiger partial charge is 0.338 e. The van der Waals surface area contributed by atoms with Crippen molar-refractivity contribution in [3.05, 3.63) is 62.5 Å². The first-order chi connectivity index (χ1) is 11.4. The fraction of sp³-hybridized carbons (Fsp3) is 0.235. The van der Waals surface area contributed by atoms with Crippen LogP contribution in [0.1, 0.15) is 22.8 Å². The Morgan fingerprint density at radius 2 is 1.92 bits per heavy atom.